The molecule has 6 rings (SSSR count). The number of hydrogen-bond donors (Lipinski definition) is 5. The number of aliphatic hydroxyl groups excluding tert-OH is 1. The largest absolute Gasteiger partial charge is 0.481 e. The molecule has 53 heavy (non-hydrogen) atoms. The molecule has 2 unspecified atom stereocenters. The Labute approximate surface area is 304 Å². The highest BCUT2D eigenvalue weighted by Gasteiger charge is 2.40. The fraction of sp³-hybridized carbons (Fsp3) is 0.457. The third-order valence-corrected chi connectivity index (χ3v) is 9.24. The summed E-state index contributed by atoms with van der Waals surface area (Å²) in [7, 11) is 3.57. The highest BCUT2D eigenvalue weighted by atomic mass is 19.1. The van der Waals surface area contributed by atoms with Gasteiger partial charge in [0.25, 0.3) is 0 Å². The number of carboxylic acids is 2. The summed E-state index contributed by atoms with van der Waals surface area (Å²) in [6, 6.07) is 12.5. The summed E-state index contributed by atoms with van der Waals surface area (Å²) in [5.41, 5.74) is -0.931. The number of likely N-dealkylation sites (N-methyl/N-ethyl adjacent to an activating group) is 1. The van der Waals surface area contributed by atoms with Crippen LogP contribution in [0.2, 0.25) is 0 Å². The van der Waals surface area contributed by atoms with Gasteiger partial charge in [-0.3, -0.25) is 14.4 Å². The molecule has 2 aliphatic rings. The van der Waals surface area contributed by atoms with E-state index in [1.165, 1.54) is 60.6 Å². The van der Waals surface area contributed by atoms with Crippen LogP contribution in [0.1, 0.15) is 49.1 Å². The van der Waals surface area contributed by atoms with Crippen molar-refractivity contribution in [1.29, 1.82) is 0 Å². The van der Waals surface area contributed by atoms with Gasteiger partial charge in [0, 0.05) is 23.7 Å². The number of aliphatic carboxylic acids is 2. The van der Waals surface area contributed by atoms with Gasteiger partial charge in [0.15, 0.2) is 0 Å². The first-order chi connectivity index (χ1) is 25.3. The lowest BCUT2D eigenvalue weighted by Crippen LogP contribution is -2.43. The lowest BCUT2D eigenvalue weighted by atomic mass is 9.93. The van der Waals surface area contributed by atoms with E-state index in [4.69, 9.17) is 14.9 Å². The second kappa shape index (κ2) is 19.1. The van der Waals surface area contributed by atoms with Crippen molar-refractivity contribution in [3.8, 4) is 0 Å². The molecule has 4 heterocycles. The van der Waals surface area contributed by atoms with Gasteiger partial charge in [-0.05, 0) is 51.4 Å². The van der Waals surface area contributed by atoms with E-state index in [9.17, 15) is 33.4 Å². The van der Waals surface area contributed by atoms with Crippen molar-refractivity contribution in [2.75, 3.05) is 20.7 Å². The number of hydrogen-bond acceptors (Lipinski definition) is 12. The number of carboxylic acid groups (broad SMARTS) is 2. The maximum atomic E-state index is 14.1. The van der Waals surface area contributed by atoms with Crippen LogP contribution in [0, 0.1) is 11.6 Å². The van der Waals surface area contributed by atoms with Gasteiger partial charge >= 0.3 is 17.9 Å². The Morgan fingerprint density at radius 2 is 1.55 bits per heavy atom. The Bertz CT molecular complexity index is 1700. The number of halogens is 2. The van der Waals surface area contributed by atoms with Crippen molar-refractivity contribution in [1.82, 2.24) is 39.7 Å². The van der Waals surface area contributed by atoms with Crippen molar-refractivity contribution in [3.63, 3.8) is 0 Å². The molecule has 0 spiro atoms. The zero-order valence-electron chi connectivity index (χ0n) is 29.3. The Morgan fingerprint density at radius 3 is 1.98 bits per heavy atom. The van der Waals surface area contributed by atoms with Gasteiger partial charge in [-0.2, -0.15) is 10.2 Å². The molecular formula is C35H44F2N8O8. The van der Waals surface area contributed by atoms with Gasteiger partial charge in [-0.15, -0.1) is 0 Å². The number of nitrogens with one attached hydrogen (secondary N) is 1. The summed E-state index contributed by atoms with van der Waals surface area (Å²) in [5.74, 6) is -4.69. The van der Waals surface area contributed by atoms with Crippen molar-refractivity contribution in [2.45, 2.75) is 80.9 Å². The van der Waals surface area contributed by atoms with Crippen molar-refractivity contribution in [3.05, 3.63) is 96.6 Å². The number of fused-ring (bicyclic) bond motifs is 2. The fourth-order valence-electron chi connectivity index (χ4n) is 6.45. The molecule has 2 aliphatic heterocycles. The summed E-state index contributed by atoms with van der Waals surface area (Å²) in [4.78, 5) is 42.5. The van der Waals surface area contributed by atoms with Crippen molar-refractivity contribution >= 4 is 17.9 Å². The molecule has 0 aliphatic carbocycles. The van der Waals surface area contributed by atoms with E-state index in [2.05, 4.69) is 37.4 Å². The molecule has 5 atom stereocenters. The third-order valence-electron chi connectivity index (χ3n) is 9.24. The molecular weight excluding hydrogens is 698 g/mol. The number of esters is 1. The molecule has 18 heteroatoms. The van der Waals surface area contributed by atoms with E-state index in [-0.39, 0.29) is 37.3 Å². The standard InChI is InChI=1S/C17H23NO3.C13H12F2N6O.C5H9NO4/c1-18-13-7-8-14(18)10-15(9-13)21-17(20)16(11-19)12-5-3-2-4-6-12;14-10-1-2-11(12(15)3-10)13(22,4-20-8-16-6-18-20)5-21-9-17-7-19-21;1-6-3(5(9)10)2-4(7)8/h2-6,13-16,19H,7-11H2,1H3;1-3,6-9,22H,4-5H2;3,6H,2H2,1H3,(H,7,8)(H,9,10)/t13-,14+,15+,16?;;. The van der Waals surface area contributed by atoms with Crippen LogP contribution in [0.3, 0.4) is 0 Å². The second-order valence-corrected chi connectivity index (χ2v) is 12.8. The van der Waals surface area contributed by atoms with Gasteiger partial charge in [0.05, 0.1) is 26.1 Å². The van der Waals surface area contributed by atoms with E-state index in [1.807, 2.05) is 30.3 Å². The number of aliphatic hydroxyl groups is 2. The number of rotatable bonds is 13. The zero-order valence-corrected chi connectivity index (χ0v) is 29.3. The average Bonchev–Trinajstić information content (AvgIpc) is 3.86. The molecule has 2 aromatic heterocycles. The van der Waals surface area contributed by atoms with Crippen molar-refractivity contribution in [2.24, 2.45) is 0 Å². The predicted molar refractivity (Wildman–Crippen MR) is 183 cm³/mol. The zero-order chi connectivity index (χ0) is 38.5. The minimum Gasteiger partial charge on any atom is -0.481 e. The van der Waals surface area contributed by atoms with Crippen LogP contribution in [-0.2, 0) is 37.8 Å². The van der Waals surface area contributed by atoms with E-state index >= 15 is 0 Å². The highest BCUT2D eigenvalue weighted by molar-refractivity contribution is 5.80. The molecule has 0 amide bonds. The summed E-state index contributed by atoms with van der Waals surface area (Å²) >= 11 is 0. The lowest BCUT2D eigenvalue weighted by molar-refractivity contribution is -0.155. The number of aromatic nitrogens is 6. The topological polar surface area (TPSA) is 218 Å². The van der Waals surface area contributed by atoms with Crippen LogP contribution in [-0.4, -0.2) is 118 Å². The van der Waals surface area contributed by atoms with Gasteiger partial charge in [0.2, 0.25) is 0 Å². The predicted octanol–water partition coefficient (Wildman–Crippen LogP) is 1.80. The molecule has 16 nitrogen and oxygen atoms in total. The lowest BCUT2D eigenvalue weighted by Gasteiger charge is -2.36. The first kappa shape index (κ1) is 40.6. The Kier molecular flexibility index (Phi) is 14.6. The van der Waals surface area contributed by atoms with Crippen LogP contribution in [0.5, 0.6) is 0 Å². The smallest absolute Gasteiger partial charge is 0.321 e. The first-order valence-electron chi connectivity index (χ1n) is 16.9. The Morgan fingerprint density at radius 1 is 0.962 bits per heavy atom. The number of carbonyl (C=O) groups excluding carboxylic acids is 1. The fourth-order valence-corrected chi connectivity index (χ4v) is 6.45. The number of benzene rings is 2. The SMILES string of the molecule is CN1[C@@H]2CC[C@H]1C[C@@H](OC(=O)C(CO)c1ccccc1)C2.CNC(CC(=O)O)C(=O)O.OC(Cn1cncn1)(Cn1cncn1)c1ccc(F)cc1F. The molecule has 4 aromatic rings. The minimum atomic E-state index is -1.70. The third kappa shape index (κ3) is 11.4. The highest BCUT2D eigenvalue weighted by Crippen LogP contribution is 2.36. The van der Waals surface area contributed by atoms with E-state index in [0.717, 1.165) is 30.5 Å². The summed E-state index contributed by atoms with van der Waals surface area (Å²) in [6.07, 6.45) is 9.26. The molecule has 2 saturated heterocycles. The minimum absolute atomic E-state index is 0.00367. The van der Waals surface area contributed by atoms with Crippen LogP contribution in [0.15, 0.2) is 73.8 Å². The van der Waals surface area contributed by atoms with Crippen molar-refractivity contribution < 1.29 is 48.3 Å². The average molecular weight is 743 g/mol. The number of carbonyl (C=O) groups is 3. The summed E-state index contributed by atoms with van der Waals surface area (Å²) in [6.45, 7) is -0.354. The van der Waals surface area contributed by atoms with E-state index in [1.54, 1.807) is 0 Å². The first-order valence-corrected chi connectivity index (χ1v) is 16.9. The summed E-state index contributed by atoms with van der Waals surface area (Å²) < 4.78 is 35.7. The van der Waals surface area contributed by atoms with Crippen LogP contribution >= 0.6 is 0 Å². The van der Waals surface area contributed by atoms with Gasteiger partial charge in [0.1, 0.15) is 60.6 Å². The van der Waals surface area contributed by atoms with Gasteiger partial charge in [-0.1, -0.05) is 36.4 Å². The number of ether oxygens (including phenoxy) is 1. The molecule has 0 radical (unpaired) electrons. The maximum Gasteiger partial charge on any atom is 0.321 e. The quantitative estimate of drug-likeness (QED) is 0.124. The normalized spacial score (nSPS) is 19.2. The molecule has 2 aromatic carbocycles. The van der Waals surface area contributed by atoms with Crippen LogP contribution < -0.4 is 5.32 Å². The van der Waals surface area contributed by atoms with Gasteiger partial charge < -0.3 is 35.4 Å². The van der Waals surface area contributed by atoms with E-state index < -0.39 is 47.6 Å². The van der Waals surface area contributed by atoms with Crippen LogP contribution in [0.25, 0.3) is 0 Å². The molecule has 2 bridgehead atoms. The van der Waals surface area contributed by atoms with Crippen LogP contribution in [0.4, 0.5) is 8.78 Å². The summed E-state index contributed by atoms with van der Waals surface area (Å²) in [5, 5.41) is 47.1. The van der Waals surface area contributed by atoms with E-state index in [0.29, 0.717) is 12.1 Å². The molecule has 2 fully saturated rings. The Balaban J connectivity index is 0.000000191. The molecule has 5 N–H and O–H groups in total. The maximum absolute atomic E-state index is 14.1. The number of piperidine rings is 1. The molecule has 0 saturated carbocycles. The Hall–Kier alpha value is -5.17. The second-order valence-electron chi connectivity index (χ2n) is 12.8. The van der Waals surface area contributed by atoms with Gasteiger partial charge in [-0.25, -0.2) is 28.1 Å². The number of nitrogens with zero attached hydrogens (tertiary/aromatic N) is 7. The molecule has 286 valence electrons. The monoisotopic (exact) mass is 742 g/mol.